The van der Waals surface area contributed by atoms with Gasteiger partial charge in [0.05, 0.1) is 14.2 Å². The van der Waals surface area contributed by atoms with Gasteiger partial charge in [0.15, 0.2) is 0 Å². The molecule has 1 heterocycles. The van der Waals surface area contributed by atoms with Crippen LogP contribution in [0.5, 0.6) is 5.88 Å². The Bertz CT molecular complexity index is 355. The van der Waals surface area contributed by atoms with E-state index >= 15 is 0 Å². The molecular weight excluding hydrogens is 220 g/mol. The lowest BCUT2D eigenvalue weighted by Crippen LogP contribution is -2.05. The number of hydrogen-bond acceptors (Lipinski definition) is 5. The second kappa shape index (κ2) is 7.49. The first-order chi connectivity index (χ1) is 8.26. The minimum absolute atomic E-state index is 0.162. The number of hydrogen-bond donors (Lipinski definition) is 1. The number of ether oxygens (including phenoxy) is 2. The third-order valence-electron chi connectivity index (χ3n) is 2.27. The fourth-order valence-electron chi connectivity index (χ4n) is 1.34. The van der Waals surface area contributed by atoms with Crippen LogP contribution < -0.4 is 10.1 Å². The summed E-state index contributed by atoms with van der Waals surface area (Å²) >= 11 is 0. The average molecular weight is 238 g/mol. The number of anilines is 1. The van der Waals surface area contributed by atoms with Gasteiger partial charge in [-0.2, -0.15) is 4.98 Å². The molecule has 5 heteroatoms. The van der Waals surface area contributed by atoms with Crippen LogP contribution in [0.1, 0.15) is 19.3 Å². The standard InChI is InChI=1S/C12H18N2O3/c1-16-11-7-5-6-10(14-11)13-9-4-3-8-12(15)17-2/h5-7H,3-4,8-9H2,1-2H3,(H,13,14). The van der Waals surface area contributed by atoms with Gasteiger partial charge in [-0.1, -0.05) is 6.07 Å². The summed E-state index contributed by atoms with van der Waals surface area (Å²) in [6.45, 7) is 0.775. The Morgan fingerprint density at radius 1 is 1.35 bits per heavy atom. The number of pyridine rings is 1. The number of aromatic nitrogens is 1. The van der Waals surface area contributed by atoms with Crippen LogP contribution in [0.3, 0.4) is 0 Å². The Morgan fingerprint density at radius 3 is 2.88 bits per heavy atom. The molecule has 0 spiro atoms. The average Bonchev–Trinajstić information content (AvgIpc) is 2.38. The maximum Gasteiger partial charge on any atom is 0.305 e. The first-order valence-corrected chi connectivity index (χ1v) is 5.58. The highest BCUT2D eigenvalue weighted by molar-refractivity contribution is 5.68. The molecule has 0 bridgehead atoms. The van der Waals surface area contributed by atoms with Crippen molar-refractivity contribution < 1.29 is 14.3 Å². The van der Waals surface area contributed by atoms with Crippen LogP contribution in [-0.4, -0.2) is 31.7 Å². The van der Waals surface area contributed by atoms with Crippen molar-refractivity contribution in [2.75, 3.05) is 26.1 Å². The number of unbranched alkanes of at least 4 members (excludes halogenated alkanes) is 1. The quantitative estimate of drug-likeness (QED) is 0.580. The van der Waals surface area contributed by atoms with Gasteiger partial charge in [-0.05, 0) is 18.9 Å². The zero-order valence-electron chi connectivity index (χ0n) is 10.2. The summed E-state index contributed by atoms with van der Waals surface area (Å²) < 4.78 is 9.57. The summed E-state index contributed by atoms with van der Waals surface area (Å²) in [6.07, 6.45) is 2.17. The number of rotatable bonds is 7. The fourth-order valence-corrected chi connectivity index (χ4v) is 1.34. The van der Waals surface area contributed by atoms with Gasteiger partial charge < -0.3 is 14.8 Å². The molecule has 0 saturated heterocycles. The van der Waals surface area contributed by atoms with Crippen LogP contribution in [0.25, 0.3) is 0 Å². The molecule has 0 unspecified atom stereocenters. The maximum atomic E-state index is 10.9. The Hall–Kier alpha value is -1.78. The van der Waals surface area contributed by atoms with E-state index in [0.29, 0.717) is 12.3 Å². The Kier molecular flexibility index (Phi) is 5.85. The van der Waals surface area contributed by atoms with Crippen molar-refractivity contribution in [3.05, 3.63) is 18.2 Å². The molecule has 1 aromatic rings. The number of carbonyl (C=O) groups is 1. The normalized spacial score (nSPS) is 9.76. The summed E-state index contributed by atoms with van der Waals surface area (Å²) in [6, 6.07) is 5.55. The third-order valence-corrected chi connectivity index (χ3v) is 2.27. The molecular formula is C12H18N2O3. The van der Waals surface area contributed by atoms with E-state index in [1.165, 1.54) is 7.11 Å². The predicted octanol–water partition coefficient (Wildman–Crippen LogP) is 1.85. The molecule has 0 aliphatic heterocycles. The van der Waals surface area contributed by atoms with Crippen LogP contribution >= 0.6 is 0 Å². The van der Waals surface area contributed by atoms with E-state index in [-0.39, 0.29) is 5.97 Å². The topological polar surface area (TPSA) is 60.5 Å². The molecule has 0 aliphatic rings. The van der Waals surface area contributed by atoms with Gasteiger partial charge in [0.1, 0.15) is 5.82 Å². The van der Waals surface area contributed by atoms with Gasteiger partial charge in [0.25, 0.3) is 0 Å². The van der Waals surface area contributed by atoms with Crippen molar-refractivity contribution in [3.8, 4) is 5.88 Å². The lowest BCUT2D eigenvalue weighted by atomic mass is 10.2. The van der Waals surface area contributed by atoms with Crippen LogP contribution in [-0.2, 0) is 9.53 Å². The second-order valence-electron chi connectivity index (χ2n) is 3.53. The van der Waals surface area contributed by atoms with Crippen molar-refractivity contribution >= 4 is 11.8 Å². The molecule has 0 saturated carbocycles. The molecule has 0 aromatic carbocycles. The Balaban J connectivity index is 2.19. The highest BCUT2D eigenvalue weighted by atomic mass is 16.5. The SMILES string of the molecule is COC(=O)CCCCNc1cccc(OC)n1. The Morgan fingerprint density at radius 2 is 2.18 bits per heavy atom. The van der Waals surface area contributed by atoms with Gasteiger partial charge in [0, 0.05) is 19.0 Å². The van der Waals surface area contributed by atoms with Crippen LogP contribution in [0.4, 0.5) is 5.82 Å². The molecule has 94 valence electrons. The summed E-state index contributed by atoms with van der Waals surface area (Å²) in [5.41, 5.74) is 0. The number of carbonyl (C=O) groups excluding carboxylic acids is 1. The lowest BCUT2D eigenvalue weighted by molar-refractivity contribution is -0.140. The highest BCUT2D eigenvalue weighted by Crippen LogP contribution is 2.10. The molecule has 5 nitrogen and oxygen atoms in total. The monoisotopic (exact) mass is 238 g/mol. The van der Waals surface area contributed by atoms with Crippen LogP contribution in [0.2, 0.25) is 0 Å². The van der Waals surface area contributed by atoms with Crippen molar-refractivity contribution in [1.82, 2.24) is 4.98 Å². The first-order valence-electron chi connectivity index (χ1n) is 5.58. The van der Waals surface area contributed by atoms with Crippen molar-refractivity contribution in [1.29, 1.82) is 0 Å². The van der Waals surface area contributed by atoms with Crippen molar-refractivity contribution in [2.24, 2.45) is 0 Å². The molecule has 1 aromatic heterocycles. The maximum absolute atomic E-state index is 10.9. The summed E-state index contributed by atoms with van der Waals surface area (Å²) in [5, 5.41) is 3.17. The fraction of sp³-hybridized carbons (Fsp3) is 0.500. The number of esters is 1. The summed E-state index contributed by atoms with van der Waals surface area (Å²) in [5.74, 6) is 1.21. The molecule has 17 heavy (non-hydrogen) atoms. The molecule has 0 fully saturated rings. The second-order valence-corrected chi connectivity index (χ2v) is 3.53. The molecule has 0 aliphatic carbocycles. The number of nitrogens with zero attached hydrogens (tertiary/aromatic N) is 1. The highest BCUT2D eigenvalue weighted by Gasteiger charge is 2.00. The minimum atomic E-state index is -0.162. The molecule has 0 atom stereocenters. The minimum Gasteiger partial charge on any atom is -0.481 e. The van der Waals surface area contributed by atoms with Crippen LogP contribution in [0, 0.1) is 0 Å². The van der Waals surface area contributed by atoms with E-state index in [1.807, 2.05) is 12.1 Å². The molecule has 1 N–H and O–H groups in total. The van der Waals surface area contributed by atoms with E-state index in [2.05, 4.69) is 15.0 Å². The zero-order valence-corrected chi connectivity index (χ0v) is 10.2. The van der Waals surface area contributed by atoms with Crippen LogP contribution in [0.15, 0.2) is 18.2 Å². The van der Waals surface area contributed by atoms with Gasteiger partial charge in [-0.15, -0.1) is 0 Å². The first kappa shape index (κ1) is 13.3. The largest absolute Gasteiger partial charge is 0.481 e. The summed E-state index contributed by atoms with van der Waals surface area (Å²) in [7, 11) is 2.99. The third kappa shape index (κ3) is 5.19. The molecule has 0 radical (unpaired) electrons. The van der Waals surface area contributed by atoms with Crippen molar-refractivity contribution in [3.63, 3.8) is 0 Å². The number of nitrogens with one attached hydrogen (secondary N) is 1. The summed E-state index contributed by atoms with van der Waals surface area (Å²) in [4.78, 5) is 15.1. The smallest absolute Gasteiger partial charge is 0.305 e. The van der Waals surface area contributed by atoms with Gasteiger partial charge >= 0.3 is 5.97 Å². The van der Waals surface area contributed by atoms with Gasteiger partial charge in [0.2, 0.25) is 5.88 Å². The van der Waals surface area contributed by atoms with E-state index < -0.39 is 0 Å². The molecule has 1 rings (SSSR count). The zero-order chi connectivity index (χ0) is 12.5. The van der Waals surface area contributed by atoms with E-state index in [4.69, 9.17) is 4.74 Å². The number of methoxy groups -OCH3 is 2. The van der Waals surface area contributed by atoms with E-state index in [9.17, 15) is 4.79 Å². The van der Waals surface area contributed by atoms with Gasteiger partial charge in [-0.25, -0.2) is 0 Å². The lowest BCUT2D eigenvalue weighted by Gasteiger charge is -2.06. The van der Waals surface area contributed by atoms with E-state index in [1.54, 1.807) is 13.2 Å². The van der Waals surface area contributed by atoms with E-state index in [0.717, 1.165) is 25.2 Å². The van der Waals surface area contributed by atoms with Crippen molar-refractivity contribution in [2.45, 2.75) is 19.3 Å². The predicted molar refractivity (Wildman–Crippen MR) is 65.1 cm³/mol. The molecule has 0 amide bonds. The van der Waals surface area contributed by atoms with Gasteiger partial charge in [-0.3, -0.25) is 4.79 Å². The Labute approximate surface area is 101 Å².